The fourth-order valence-corrected chi connectivity index (χ4v) is 3.57. The molecule has 0 spiro atoms. The number of sulfonamides is 1. The van der Waals surface area contributed by atoms with Gasteiger partial charge in [0.05, 0.1) is 0 Å². The molecule has 1 unspecified atom stereocenters. The number of pyridine rings is 1. The highest BCUT2D eigenvalue weighted by molar-refractivity contribution is 7.89. The normalized spacial score (nSPS) is 18.2. The van der Waals surface area contributed by atoms with E-state index in [2.05, 4.69) is 21.1 Å². The van der Waals surface area contributed by atoms with Gasteiger partial charge < -0.3 is 5.32 Å². The van der Waals surface area contributed by atoms with Gasteiger partial charge in [0.15, 0.2) is 0 Å². The number of hydrogen-bond acceptors (Lipinski definition) is 4. The second-order valence-electron chi connectivity index (χ2n) is 5.00. The number of fused-ring (bicyclic) bond motifs is 1. The van der Waals surface area contributed by atoms with Gasteiger partial charge in [-0.15, -0.1) is 0 Å². The summed E-state index contributed by atoms with van der Waals surface area (Å²) < 4.78 is 27.1. The van der Waals surface area contributed by atoms with Gasteiger partial charge in [0.25, 0.3) is 0 Å². The van der Waals surface area contributed by atoms with Crippen LogP contribution in [0.3, 0.4) is 0 Å². The SMILES string of the molecule is O=S(=O)(NCC1NCCc2ccccc21)c1cccnc1. The predicted octanol–water partition coefficient (Wildman–Crippen LogP) is 1.25. The third kappa shape index (κ3) is 3.12. The third-order valence-electron chi connectivity index (χ3n) is 3.64. The fraction of sp³-hybridized carbons (Fsp3) is 0.267. The van der Waals surface area contributed by atoms with E-state index >= 15 is 0 Å². The van der Waals surface area contributed by atoms with Crippen LogP contribution in [0.2, 0.25) is 0 Å². The molecule has 1 aliphatic heterocycles. The molecule has 110 valence electrons. The molecule has 0 amide bonds. The van der Waals surface area contributed by atoms with Gasteiger partial charge >= 0.3 is 0 Å². The Labute approximate surface area is 124 Å². The van der Waals surface area contributed by atoms with Gasteiger partial charge in [-0.05, 0) is 36.2 Å². The van der Waals surface area contributed by atoms with Gasteiger partial charge in [-0.3, -0.25) is 4.98 Å². The summed E-state index contributed by atoms with van der Waals surface area (Å²) in [5.74, 6) is 0. The lowest BCUT2D eigenvalue weighted by atomic mass is 9.95. The Hall–Kier alpha value is -1.76. The average molecular weight is 303 g/mol. The second-order valence-corrected chi connectivity index (χ2v) is 6.76. The fourth-order valence-electron chi connectivity index (χ4n) is 2.56. The Kier molecular flexibility index (Phi) is 4.01. The highest BCUT2D eigenvalue weighted by atomic mass is 32.2. The molecule has 0 aliphatic carbocycles. The molecular weight excluding hydrogens is 286 g/mol. The molecule has 2 N–H and O–H groups in total. The first-order chi connectivity index (χ1) is 10.2. The monoisotopic (exact) mass is 303 g/mol. The molecule has 0 radical (unpaired) electrons. The van der Waals surface area contributed by atoms with E-state index in [-0.39, 0.29) is 10.9 Å². The third-order valence-corrected chi connectivity index (χ3v) is 5.05. The van der Waals surface area contributed by atoms with Crippen molar-refractivity contribution >= 4 is 10.0 Å². The maximum atomic E-state index is 12.2. The molecule has 6 heteroatoms. The molecule has 0 fully saturated rings. The summed E-state index contributed by atoms with van der Waals surface area (Å²) in [7, 11) is -3.51. The standard InChI is InChI=1S/C15H17N3O2S/c19-21(20,13-5-3-8-16-10-13)18-11-15-14-6-2-1-4-12(14)7-9-17-15/h1-6,8,10,15,17-18H,7,9,11H2. The quantitative estimate of drug-likeness (QED) is 0.892. The predicted molar refractivity (Wildman–Crippen MR) is 80.3 cm³/mol. The zero-order valence-electron chi connectivity index (χ0n) is 11.5. The van der Waals surface area contributed by atoms with Crippen molar-refractivity contribution in [2.24, 2.45) is 0 Å². The highest BCUT2D eigenvalue weighted by Gasteiger charge is 2.22. The van der Waals surface area contributed by atoms with Crippen molar-refractivity contribution < 1.29 is 8.42 Å². The van der Waals surface area contributed by atoms with Crippen LogP contribution in [0.5, 0.6) is 0 Å². The van der Waals surface area contributed by atoms with Crippen LogP contribution in [-0.4, -0.2) is 26.5 Å². The van der Waals surface area contributed by atoms with E-state index in [4.69, 9.17) is 0 Å². The van der Waals surface area contributed by atoms with E-state index in [1.165, 1.54) is 17.8 Å². The van der Waals surface area contributed by atoms with Crippen LogP contribution < -0.4 is 10.0 Å². The van der Waals surface area contributed by atoms with Crippen LogP contribution in [0.4, 0.5) is 0 Å². The van der Waals surface area contributed by atoms with Crippen molar-refractivity contribution in [2.75, 3.05) is 13.1 Å². The zero-order valence-corrected chi connectivity index (χ0v) is 12.3. The number of nitrogens with zero attached hydrogens (tertiary/aromatic N) is 1. The van der Waals surface area contributed by atoms with E-state index in [9.17, 15) is 8.42 Å². The largest absolute Gasteiger partial charge is 0.308 e. The smallest absolute Gasteiger partial charge is 0.242 e. The van der Waals surface area contributed by atoms with E-state index < -0.39 is 10.0 Å². The summed E-state index contributed by atoms with van der Waals surface area (Å²) in [6, 6.07) is 11.3. The first-order valence-electron chi connectivity index (χ1n) is 6.88. The van der Waals surface area contributed by atoms with Crippen molar-refractivity contribution in [3.63, 3.8) is 0 Å². The van der Waals surface area contributed by atoms with Gasteiger partial charge in [0.2, 0.25) is 10.0 Å². The Morgan fingerprint density at radius 2 is 2.10 bits per heavy atom. The van der Waals surface area contributed by atoms with Crippen LogP contribution in [0.15, 0.2) is 53.7 Å². The van der Waals surface area contributed by atoms with Crippen LogP contribution in [0, 0.1) is 0 Å². The first kappa shape index (κ1) is 14.2. The topological polar surface area (TPSA) is 71.1 Å². The van der Waals surface area contributed by atoms with E-state index in [1.54, 1.807) is 12.3 Å². The zero-order chi connectivity index (χ0) is 14.7. The summed E-state index contributed by atoms with van der Waals surface area (Å²) >= 11 is 0. The number of nitrogens with one attached hydrogen (secondary N) is 2. The Morgan fingerprint density at radius 1 is 1.24 bits per heavy atom. The van der Waals surface area contributed by atoms with Crippen LogP contribution in [-0.2, 0) is 16.4 Å². The van der Waals surface area contributed by atoms with E-state index in [0.717, 1.165) is 18.5 Å². The molecule has 2 heterocycles. The Morgan fingerprint density at radius 3 is 2.90 bits per heavy atom. The van der Waals surface area contributed by atoms with Crippen LogP contribution in [0.1, 0.15) is 17.2 Å². The molecule has 0 saturated carbocycles. The molecule has 3 rings (SSSR count). The summed E-state index contributed by atoms with van der Waals surface area (Å²) in [5, 5.41) is 3.36. The summed E-state index contributed by atoms with van der Waals surface area (Å²) in [6.07, 6.45) is 3.88. The van der Waals surface area contributed by atoms with Crippen LogP contribution in [0.25, 0.3) is 0 Å². The van der Waals surface area contributed by atoms with Crippen molar-refractivity contribution in [3.05, 3.63) is 59.9 Å². The molecule has 0 saturated heterocycles. The highest BCUT2D eigenvalue weighted by Crippen LogP contribution is 2.22. The second kappa shape index (κ2) is 5.93. The molecule has 5 nitrogen and oxygen atoms in total. The lowest BCUT2D eigenvalue weighted by Crippen LogP contribution is -2.38. The molecular formula is C15H17N3O2S. The molecule has 1 aromatic carbocycles. The first-order valence-corrected chi connectivity index (χ1v) is 8.36. The molecule has 2 aromatic rings. The van der Waals surface area contributed by atoms with Gasteiger partial charge in [0, 0.05) is 25.0 Å². The summed E-state index contributed by atoms with van der Waals surface area (Å²) in [6.45, 7) is 1.19. The lowest BCUT2D eigenvalue weighted by molar-refractivity contribution is 0.491. The van der Waals surface area contributed by atoms with Gasteiger partial charge in [-0.25, -0.2) is 13.1 Å². The maximum Gasteiger partial charge on any atom is 0.242 e. The average Bonchev–Trinajstić information content (AvgIpc) is 2.54. The molecule has 0 bridgehead atoms. The van der Waals surface area contributed by atoms with Crippen molar-refractivity contribution in [1.29, 1.82) is 0 Å². The summed E-state index contributed by atoms with van der Waals surface area (Å²) in [5.41, 5.74) is 2.44. The number of aromatic nitrogens is 1. The van der Waals surface area contributed by atoms with Gasteiger partial charge in [-0.1, -0.05) is 24.3 Å². The summed E-state index contributed by atoms with van der Waals surface area (Å²) in [4.78, 5) is 4.04. The van der Waals surface area contributed by atoms with Gasteiger partial charge in [-0.2, -0.15) is 0 Å². The minimum Gasteiger partial charge on any atom is -0.308 e. The van der Waals surface area contributed by atoms with Crippen LogP contribution >= 0.6 is 0 Å². The number of benzene rings is 1. The molecule has 1 aromatic heterocycles. The lowest BCUT2D eigenvalue weighted by Gasteiger charge is -2.27. The molecule has 1 atom stereocenters. The number of hydrogen-bond donors (Lipinski definition) is 2. The Balaban J connectivity index is 1.75. The maximum absolute atomic E-state index is 12.2. The van der Waals surface area contributed by atoms with Crippen molar-refractivity contribution in [2.45, 2.75) is 17.4 Å². The van der Waals surface area contributed by atoms with E-state index in [0.29, 0.717) is 6.54 Å². The number of rotatable bonds is 4. The minimum atomic E-state index is -3.51. The van der Waals surface area contributed by atoms with Crippen molar-refractivity contribution in [3.8, 4) is 0 Å². The van der Waals surface area contributed by atoms with Crippen molar-refractivity contribution in [1.82, 2.24) is 15.0 Å². The van der Waals surface area contributed by atoms with E-state index in [1.807, 2.05) is 18.2 Å². The van der Waals surface area contributed by atoms with Gasteiger partial charge in [0.1, 0.15) is 4.90 Å². The Bertz CT molecular complexity index is 717. The molecule has 21 heavy (non-hydrogen) atoms. The molecule has 1 aliphatic rings. The minimum absolute atomic E-state index is 0.00129.